The molecule has 2 aromatic rings. The maximum Gasteiger partial charge on any atom is 0.337 e. The molecule has 0 saturated heterocycles. The molecule has 0 saturated carbocycles. The number of carboxylic acid groups (broad SMARTS) is 1. The molecule has 1 unspecified atom stereocenters. The topological polar surface area (TPSA) is 184 Å². The fraction of sp³-hybridized carbons (Fsp3) is 0.0625. The minimum absolute atomic E-state index is 0.0191. The van der Waals surface area contributed by atoms with Gasteiger partial charge >= 0.3 is 5.97 Å². The van der Waals surface area contributed by atoms with Crippen molar-refractivity contribution in [1.82, 2.24) is 5.01 Å². The largest absolute Gasteiger partial charge is 0.478 e. The van der Waals surface area contributed by atoms with Crippen molar-refractivity contribution in [3.8, 4) is 0 Å². The third-order valence-corrected chi connectivity index (χ3v) is 5.13. The molecule has 152 valence electrons. The van der Waals surface area contributed by atoms with E-state index >= 15 is 0 Å². The van der Waals surface area contributed by atoms with Gasteiger partial charge in [-0.1, -0.05) is 18.2 Å². The third-order valence-electron chi connectivity index (χ3n) is 3.94. The molecule has 1 aliphatic rings. The quantitative estimate of drug-likeness (QED) is 0.204. The number of aromatic carboxylic acids is 1. The molecule has 1 atom stereocenters. The SMILES string of the molecule is Nc1ccc(C2N=C(Nc3ccccc3C(=O)O)N=C(Cl)N2N)cc1S(=O)(=O)O. The van der Waals surface area contributed by atoms with Crippen molar-refractivity contribution in [1.29, 1.82) is 0 Å². The number of hydrazine groups is 1. The van der Waals surface area contributed by atoms with E-state index in [9.17, 15) is 22.9 Å². The van der Waals surface area contributed by atoms with E-state index in [0.717, 1.165) is 11.1 Å². The lowest BCUT2D eigenvalue weighted by atomic mass is 10.1. The summed E-state index contributed by atoms with van der Waals surface area (Å²) in [4.78, 5) is 19.1. The van der Waals surface area contributed by atoms with E-state index in [1.165, 1.54) is 24.3 Å². The number of amidine groups is 1. The van der Waals surface area contributed by atoms with E-state index in [1.807, 2.05) is 0 Å². The molecule has 2 aromatic carbocycles. The molecule has 3 rings (SSSR count). The molecule has 0 fully saturated rings. The van der Waals surface area contributed by atoms with Crippen LogP contribution in [-0.4, -0.2) is 40.3 Å². The summed E-state index contributed by atoms with van der Waals surface area (Å²) in [7, 11) is -4.58. The molecule has 1 aliphatic heterocycles. The van der Waals surface area contributed by atoms with E-state index in [-0.39, 0.29) is 33.8 Å². The van der Waals surface area contributed by atoms with Gasteiger partial charge < -0.3 is 16.2 Å². The van der Waals surface area contributed by atoms with Crippen LogP contribution in [0.15, 0.2) is 57.3 Å². The zero-order valence-corrected chi connectivity index (χ0v) is 16.1. The second-order valence-electron chi connectivity index (χ2n) is 5.86. The van der Waals surface area contributed by atoms with Crippen molar-refractivity contribution in [3.05, 3.63) is 53.6 Å². The Morgan fingerprint density at radius 2 is 1.93 bits per heavy atom. The number of para-hydroxylation sites is 1. The summed E-state index contributed by atoms with van der Waals surface area (Å²) in [6.45, 7) is 0. The standard InChI is InChI=1S/C16H15ClN6O5S/c17-15-22-16(20-11-4-2-1-3-9(11)14(24)25)21-13(23(15)19)8-5-6-10(18)12(7-8)29(26,27)28/h1-7,13H,18-19H2,(H,20,21)(H,24,25)(H,26,27,28). The molecule has 0 bridgehead atoms. The molecule has 1 heterocycles. The number of nitrogens with one attached hydrogen (secondary N) is 1. The summed E-state index contributed by atoms with van der Waals surface area (Å²) in [5, 5.41) is 12.8. The maximum absolute atomic E-state index is 11.5. The minimum Gasteiger partial charge on any atom is -0.478 e. The molecule has 0 aliphatic carbocycles. The molecule has 13 heteroatoms. The highest BCUT2D eigenvalue weighted by Gasteiger charge is 2.27. The highest BCUT2D eigenvalue weighted by molar-refractivity contribution is 7.86. The first kappa shape index (κ1) is 20.5. The number of carbonyl (C=O) groups is 1. The number of hydrogen-bond acceptors (Lipinski definition) is 9. The molecule has 7 N–H and O–H groups in total. The number of nitrogen functional groups attached to an aromatic ring is 1. The average molecular weight is 439 g/mol. The van der Waals surface area contributed by atoms with E-state index in [4.69, 9.17) is 23.2 Å². The van der Waals surface area contributed by atoms with Crippen molar-refractivity contribution in [2.75, 3.05) is 11.1 Å². The second-order valence-corrected chi connectivity index (χ2v) is 7.59. The lowest BCUT2D eigenvalue weighted by Crippen LogP contribution is -2.41. The lowest BCUT2D eigenvalue weighted by molar-refractivity contribution is 0.0698. The molecule has 29 heavy (non-hydrogen) atoms. The number of benzene rings is 2. The Balaban J connectivity index is 2.02. The van der Waals surface area contributed by atoms with Crippen LogP contribution in [0, 0.1) is 0 Å². The number of nitrogens with two attached hydrogens (primary N) is 2. The van der Waals surface area contributed by atoms with Crippen molar-refractivity contribution < 1.29 is 22.9 Å². The van der Waals surface area contributed by atoms with Gasteiger partial charge in [-0.25, -0.2) is 15.6 Å². The first-order chi connectivity index (χ1) is 13.6. The van der Waals surface area contributed by atoms with Gasteiger partial charge in [0.2, 0.25) is 11.3 Å². The molecule has 0 spiro atoms. The molecular formula is C16H15ClN6O5S. The van der Waals surface area contributed by atoms with E-state index in [2.05, 4.69) is 15.3 Å². The van der Waals surface area contributed by atoms with Gasteiger partial charge in [-0.3, -0.25) is 9.56 Å². The first-order valence-corrected chi connectivity index (χ1v) is 9.72. The molecule has 0 amide bonds. The van der Waals surface area contributed by atoms with Crippen LogP contribution < -0.4 is 16.9 Å². The van der Waals surface area contributed by atoms with Crippen molar-refractivity contribution in [2.24, 2.45) is 15.8 Å². The van der Waals surface area contributed by atoms with Crippen molar-refractivity contribution in [3.63, 3.8) is 0 Å². The Morgan fingerprint density at radius 3 is 2.59 bits per heavy atom. The molecule has 11 nitrogen and oxygen atoms in total. The molecule has 0 radical (unpaired) electrons. The summed E-state index contributed by atoms with van der Waals surface area (Å²) in [6, 6.07) is 9.92. The van der Waals surface area contributed by atoms with Gasteiger partial charge in [0.15, 0.2) is 6.17 Å². The average Bonchev–Trinajstić information content (AvgIpc) is 2.64. The lowest BCUT2D eigenvalue weighted by Gasteiger charge is -2.29. The summed E-state index contributed by atoms with van der Waals surface area (Å²) in [5.74, 6) is 4.67. The first-order valence-electron chi connectivity index (χ1n) is 7.90. The summed E-state index contributed by atoms with van der Waals surface area (Å²) >= 11 is 6.06. The predicted octanol–water partition coefficient (Wildman–Crippen LogP) is 1.46. The van der Waals surface area contributed by atoms with Crippen LogP contribution in [0.2, 0.25) is 0 Å². The van der Waals surface area contributed by atoms with Crippen LogP contribution in [0.1, 0.15) is 22.1 Å². The summed E-state index contributed by atoms with van der Waals surface area (Å²) in [6.07, 6.45) is -1.03. The van der Waals surface area contributed by atoms with Gasteiger partial charge in [0.1, 0.15) is 4.90 Å². The summed E-state index contributed by atoms with van der Waals surface area (Å²) < 4.78 is 32.4. The fourth-order valence-electron chi connectivity index (χ4n) is 2.58. The Labute approximate surface area is 170 Å². The van der Waals surface area contributed by atoms with Crippen molar-refractivity contribution >= 4 is 50.3 Å². The van der Waals surface area contributed by atoms with Crippen LogP contribution in [0.5, 0.6) is 0 Å². The number of carboxylic acids is 1. The predicted molar refractivity (Wildman–Crippen MR) is 107 cm³/mol. The number of nitrogens with zero attached hydrogens (tertiary/aromatic N) is 3. The number of hydrogen-bond donors (Lipinski definition) is 5. The zero-order chi connectivity index (χ0) is 21.3. The fourth-order valence-corrected chi connectivity index (χ4v) is 3.41. The van der Waals surface area contributed by atoms with Crippen LogP contribution >= 0.6 is 11.6 Å². The normalized spacial score (nSPS) is 16.8. The van der Waals surface area contributed by atoms with Gasteiger partial charge in [-0.15, -0.1) is 0 Å². The van der Waals surface area contributed by atoms with Gasteiger partial charge in [0.05, 0.1) is 16.9 Å². The zero-order valence-electron chi connectivity index (χ0n) is 14.5. The summed E-state index contributed by atoms with van der Waals surface area (Å²) in [5.41, 5.74) is 5.88. The Hall–Kier alpha value is -3.19. The minimum atomic E-state index is -4.58. The number of anilines is 2. The number of rotatable bonds is 4. The van der Waals surface area contributed by atoms with E-state index in [1.54, 1.807) is 12.1 Å². The maximum atomic E-state index is 11.5. The third kappa shape index (κ3) is 4.30. The van der Waals surface area contributed by atoms with Crippen LogP contribution in [-0.2, 0) is 10.1 Å². The Bertz CT molecular complexity index is 1150. The van der Waals surface area contributed by atoms with Gasteiger partial charge in [0.25, 0.3) is 10.1 Å². The Kier molecular flexibility index (Phi) is 5.44. The van der Waals surface area contributed by atoms with E-state index < -0.39 is 27.1 Å². The van der Waals surface area contributed by atoms with Gasteiger partial charge in [-0.05, 0) is 41.4 Å². The van der Waals surface area contributed by atoms with Gasteiger partial charge in [-0.2, -0.15) is 13.4 Å². The smallest absolute Gasteiger partial charge is 0.337 e. The number of halogens is 1. The number of aliphatic imine (C=N–C) groups is 2. The Morgan fingerprint density at radius 1 is 1.24 bits per heavy atom. The van der Waals surface area contributed by atoms with E-state index in [0.29, 0.717) is 0 Å². The monoisotopic (exact) mass is 438 g/mol. The molecular weight excluding hydrogens is 424 g/mol. The van der Waals surface area contributed by atoms with Crippen molar-refractivity contribution in [2.45, 2.75) is 11.1 Å². The number of guanidine groups is 1. The highest BCUT2D eigenvalue weighted by Crippen LogP contribution is 2.29. The highest BCUT2D eigenvalue weighted by atomic mass is 35.5. The molecule has 0 aromatic heterocycles. The second kappa shape index (κ2) is 7.67. The van der Waals surface area contributed by atoms with Gasteiger partial charge in [0, 0.05) is 0 Å². The van der Waals surface area contributed by atoms with Crippen LogP contribution in [0.4, 0.5) is 11.4 Å². The van der Waals surface area contributed by atoms with Crippen LogP contribution in [0.3, 0.4) is 0 Å². The van der Waals surface area contributed by atoms with Crippen LogP contribution in [0.25, 0.3) is 0 Å².